The number of alkyl halides is 3. The standard InChI is InChI=1S/C23H30F3N3O5/c1-21(2,31-3)34-28-19(30)13-29-10-8-22(14-27,9-11-29)16-4-5-17(33-20(24)25)18(12-16)32-15-23(26)6-7-23/h4-5,12,20H,6-11,13,15H2,1-3H3,(H,28,30). The van der Waals surface area contributed by atoms with Crippen molar-refractivity contribution in [3.63, 3.8) is 0 Å². The van der Waals surface area contributed by atoms with Gasteiger partial charge >= 0.3 is 6.61 Å². The van der Waals surface area contributed by atoms with Gasteiger partial charge in [-0.05, 0) is 57.2 Å². The van der Waals surface area contributed by atoms with Crippen molar-refractivity contribution in [3.05, 3.63) is 23.8 Å². The third kappa shape index (κ3) is 6.74. The van der Waals surface area contributed by atoms with Crippen LogP contribution in [0.1, 0.15) is 45.1 Å². The molecule has 1 aromatic rings. The molecule has 1 aliphatic heterocycles. The highest BCUT2D eigenvalue weighted by molar-refractivity contribution is 5.77. The Morgan fingerprint density at radius 1 is 1.24 bits per heavy atom. The summed E-state index contributed by atoms with van der Waals surface area (Å²) < 4.78 is 54.8. The molecule has 0 unspecified atom stereocenters. The molecule has 1 N–H and O–H groups in total. The third-order valence-corrected chi connectivity index (χ3v) is 6.18. The van der Waals surface area contributed by atoms with Gasteiger partial charge in [-0.15, -0.1) is 0 Å². The minimum Gasteiger partial charge on any atom is -0.486 e. The molecule has 1 heterocycles. The van der Waals surface area contributed by atoms with E-state index in [-0.39, 0.29) is 30.6 Å². The number of nitriles is 1. The van der Waals surface area contributed by atoms with Crippen molar-refractivity contribution in [2.75, 3.05) is 33.4 Å². The molecule has 0 aromatic heterocycles. The van der Waals surface area contributed by atoms with E-state index in [4.69, 9.17) is 14.3 Å². The number of amides is 1. The Morgan fingerprint density at radius 2 is 1.91 bits per heavy atom. The summed E-state index contributed by atoms with van der Waals surface area (Å²) in [6.07, 6.45) is 1.53. The van der Waals surface area contributed by atoms with Crippen molar-refractivity contribution in [1.82, 2.24) is 10.4 Å². The summed E-state index contributed by atoms with van der Waals surface area (Å²) in [5, 5.41) is 10.0. The number of benzene rings is 1. The summed E-state index contributed by atoms with van der Waals surface area (Å²) in [6, 6.07) is 6.70. The normalized spacial score (nSPS) is 19.4. The maximum Gasteiger partial charge on any atom is 0.387 e. The highest BCUT2D eigenvalue weighted by Gasteiger charge is 2.44. The zero-order chi connectivity index (χ0) is 25.0. The maximum atomic E-state index is 14.0. The van der Waals surface area contributed by atoms with E-state index in [0.29, 0.717) is 44.3 Å². The van der Waals surface area contributed by atoms with E-state index in [1.165, 1.54) is 19.2 Å². The number of carbonyl (C=O) groups excluding carboxylic acids is 1. The van der Waals surface area contributed by atoms with Crippen molar-refractivity contribution in [1.29, 1.82) is 5.26 Å². The second kappa shape index (κ2) is 10.4. The highest BCUT2D eigenvalue weighted by atomic mass is 19.3. The molecule has 0 radical (unpaired) electrons. The lowest BCUT2D eigenvalue weighted by Crippen LogP contribution is -2.47. The molecule has 188 valence electrons. The minimum absolute atomic E-state index is 0.0175. The van der Waals surface area contributed by atoms with Crippen LogP contribution in [0.15, 0.2) is 18.2 Å². The van der Waals surface area contributed by atoms with E-state index >= 15 is 0 Å². The minimum atomic E-state index is -3.06. The van der Waals surface area contributed by atoms with E-state index in [9.17, 15) is 23.2 Å². The number of carbonyl (C=O) groups is 1. The first-order valence-electron chi connectivity index (χ1n) is 11.1. The Kier molecular flexibility index (Phi) is 7.95. The number of nitrogens with one attached hydrogen (secondary N) is 1. The molecule has 1 aliphatic carbocycles. The van der Waals surface area contributed by atoms with Crippen LogP contribution < -0.4 is 15.0 Å². The van der Waals surface area contributed by atoms with Crippen molar-refractivity contribution >= 4 is 5.91 Å². The van der Waals surface area contributed by atoms with Crippen LogP contribution in [-0.4, -0.2) is 62.2 Å². The molecule has 1 saturated heterocycles. The Bertz CT molecular complexity index is 910. The van der Waals surface area contributed by atoms with Gasteiger partial charge < -0.3 is 14.2 Å². The molecule has 3 rings (SSSR count). The first-order valence-corrected chi connectivity index (χ1v) is 11.1. The van der Waals surface area contributed by atoms with Gasteiger partial charge in [-0.3, -0.25) is 9.69 Å². The number of ether oxygens (including phenoxy) is 3. The van der Waals surface area contributed by atoms with Gasteiger partial charge in [0.25, 0.3) is 5.91 Å². The van der Waals surface area contributed by atoms with Crippen LogP contribution in [0.4, 0.5) is 13.2 Å². The topological polar surface area (TPSA) is 93.1 Å². The number of nitrogens with zero attached hydrogens (tertiary/aromatic N) is 2. The molecule has 1 amide bonds. The molecular weight excluding hydrogens is 455 g/mol. The molecule has 34 heavy (non-hydrogen) atoms. The second-order valence-corrected chi connectivity index (χ2v) is 9.18. The molecule has 0 spiro atoms. The van der Waals surface area contributed by atoms with E-state index in [1.807, 2.05) is 4.90 Å². The summed E-state index contributed by atoms with van der Waals surface area (Å²) in [5.41, 5.74) is 0.577. The van der Waals surface area contributed by atoms with Gasteiger partial charge in [-0.2, -0.15) is 14.0 Å². The predicted octanol–water partition coefficient (Wildman–Crippen LogP) is 3.46. The van der Waals surface area contributed by atoms with Gasteiger partial charge in [0.15, 0.2) is 17.3 Å². The quantitative estimate of drug-likeness (QED) is 0.379. The Morgan fingerprint density at radius 3 is 2.47 bits per heavy atom. The van der Waals surface area contributed by atoms with Crippen molar-refractivity contribution in [2.24, 2.45) is 0 Å². The van der Waals surface area contributed by atoms with Crippen LogP contribution in [0, 0.1) is 11.3 Å². The van der Waals surface area contributed by atoms with Crippen molar-refractivity contribution in [2.45, 2.75) is 63.0 Å². The van der Waals surface area contributed by atoms with Crippen LogP contribution in [0.5, 0.6) is 11.5 Å². The number of likely N-dealkylation sites (tertiary alicyclic amines) is 1. The fourth-order valence-electron chi connectivity index (χ4n) is 3.61. The number of hydroxylamine groups is 1. The molecular formula is C23H30F3N3O5. The fraction of sp³-hybridized carbons (Fsp3) is 0.652. The highest BCUT2D eigenvalue weighted by Crippen LogP contribution is 2.43. The van der Waals surface area contributed by atoms with Crippen LogP contribution >= 0.6 is 0 Å². The largest absolute Gasteiger partial charge is 0.486 e. The lowest BCUT2D eigenvalue weighted by Gasteiger charge is -2.37. The van der Waals surface area contributed by atoms with Gasteiger partial charge in [-0.25, -0.2) is 14.7 Å². The maximum absolute atomic E-state index is 14.0. The Hall–Kier alpha value is -2.55. The van der Waals surface area contributed by atoms with Crippen molar-refractivity contribution in [3.8, 4) is 17.6 Å². The molecule has 1 saturated carbocycles. The predicted molar refractivity (Wildman–Crippen MR) is 115 cm³/mol. The second-order valence-electron chi connectivity index (χ2n) is 9.18. The Labute approximate surface area is 196 Å². The SMILES string of the molecule is COC(C)(C)ONC(=O)CN1CCC(C#N)(c2ccc(OC(F)F)c(OCC3(F)CC3)c2)CC1. The summed E-state index contributed by atoms with van der Waals surface area (Å²) in [6.45, 7) is 0.968. The number of hydrogen-bond acceptors (Lipinski definition) is 7. The first-order chi connectivity index (χ1) is 16.0. The van der Waals surface area contributed by atoms with Crippen LogP contribution in [0.3, 0.4) is 0 Å². The summed E-state index contributed by atoms with van der Waals surface area (Å²) in [5.74, 6) is -1.53. The lowest BCUT2D eigenvalue weighted by atomic mass is 9.74. The molecule has 11 heteroatoms. The van der Waals surface area contributed by atoms with Crippen molar-refractivity contribution < 1.29 is 37.0 Å². The van der Waals surface area contributed by atoms with Crippen LogP contribution in [0.2, 0.25) is 0 Å². The van der Waals surface area contributed by atoms with Crippen LogP contribution in [0.25, 0.3) is 0 Å². The number of methoxy groups -OCH3 is 1. The van der Waals surface area contributed by atoms with Gasteiger partial charge in [0, 0.05) is 20.2 Å². The summed E-state index contributed by atoms with van der Waals surface area (Å²) in [4.78, 5) is 19.3. The fourth-order valence-corrected chi connectivity index (χ4v) is 3.61. The molecule has 0 bridgehead atoms. The zero-order valence-electron chi connectivity index (χ0n) is 19.5. The van der Waals surface area contributed by atoms with E-state index in [2.05, 4.69) is 16.3 Å². The van der Waals surface area contributed by atoms with Gasteiger partial charge in [0.05, 0.1) is 18.0 Å². The number of hydrogen-bond donors (Lipinski definition) is 1. The molecule has 1 aromatic carbocycles. The van der Waals surface area contributed by atoms with Gasteiger partial charge in [-0.1, -0.05) is 6.07 Å². The smallest absolute Gasteiger partial charge is 0.387 e. The Balaban J connectivity index is 1.66. The van der Waals surface area contributed by atoms with E-state index < -0.39 is 23.5 Å². The molecule has 2 fully saturated rings. The molecule has 8 nitrogen and oxygen atoms in total. The number of piperidine rings is 1. The first kappa shape index (κ1) is 26.1. The number of rotatable bonds is 11. The molecule has 2 aliphatic rings. The third-order valence-electron chi connectivity index (χ3n) is 6.18. The summed E-state index contributed by atoms with van der Waals surface area (Å²) >= 11 is 0. The summed E-state index contributed by atoms with van der Waals surface area (Å²) in [7, 11) is 1.46. The average molecular weight is 486 g/mol. The van der Waals surface area contributed by atoms with Gasteiger partial charge in [0.1, 0.15) is 12.3 Å². The lowest BCUT2D eigenvalue weighted by molar-refractivity contribution is -0.231. The van der Waals surface area contributed by atoms with Crippen LogP contribution in [-0.2, 0) is 19.8 Å². The average Bonchev–Trinajstić information content (AvgIpc) is 3.55. The van der Waals surface area contributed by atoms with Gasteiger partial charge in [0.2, 0.25) is 0 Å². The van der Waals surface area contributed by atoms with E-state index in [1.54, 1.807) is 19.9 Å². The number of halogens is 3. The molecule has 0 atom stereocenters. The monoisotopic (exact) mass is 485 g/mol. The van der Waals surface area contributed by atoms with E-state index in [0.717, 1.165) is 0 Å². The zero-order valence-corrected chi connectivity index (χ0v) is 19.5.